The van der Waals surface area contributed by atoms with Crippen molar-refractivity contribution in [2.45, 2.75) is 18.4 Å². The SMILES string of the molecule is COc1ccc(S(=O)(=O)N(C)c2ccc(C(=O)N(C)Cc3ccc(C)cc3)cc2)cc1OC. The Morgan fingerprint density at radius 3 is 2.03 bits per heavy atom. The van der Waals surface area contributed by atoms with E-state index in [1.54, 1.807) is 42.3 Å². The van der Waals surface area contributed by atoms with Crippen molar-refractivity contribution in [3.05, 3.63) is 83.4 Å². The van der Waals surface area contributed by atoms with E-state index in [1.807, 2.05) is 31.2 Å². The van der Waals surface area contributed by atoms with Crippen LogP contribution in [0.2, 0.25) is 0 Å². The Bertz CT molecular complexity index is 1220. The molecule has 0 aliphatic heterocycles. The number of hydrogen-bond acceptors (Lipinski definition) is 5. The molecule has 0 N–H and O–H groups in total. The Morgan fingerprint density at radius 2 is 1.45 bits per heavy atom. The highest BCUT2D eigenvalue weighted by Crippen LogP contribution is 2.31. The van der Waals surface area contributed by atoms with Crippen molar-refractivity contribution in [3.63, 3.8) is 0 Å². The van der Waals surface area contributed by atoms with Crippen LogP contribution in [0.3, 0.4) is 0 Å². The van der Waals surface area contributed by atoms with Crippen molar-refractivity contribution >= 4 is 21.6 Å². The maximum absolute atomic E-state index is 13.1. The monoisotopic (exact) mass is 468 g/mol. The first kappa shape index (κ1) is 24.1. The minimum Gasteiger partial charge on any atom is -0.493 e. The van der Waals surface area contributed by atoms with Crippen LogP contribution in [0.4, 0.5) is 5.69 Å². The van der Waals surface area contributed by atoms with Crippen LogP contribution in [0.1, 0.15) is 21.5 Å². The molecule has 8 heteroatoms. The van der Waals surface area contributed by atoms with Crippen LogP contribution >= 0.6 is 0 Å². The molecule has 0 aliphatic carbocycles. The average Bonchev–Trinajstić information content (AvgIpc) is 2.84. The third-order valence-electron chi connectivity index (χ3n) is 5.38. The quantitative estimate of drug-likeness (QED) is 0.497. The van der Waals surface area contributed by atoms with Gasteiger partial charge in [0.1, 0.15) is 0 Å². The molecule has 0 heterocycles. The molecule has 1 amide bonds. The van der Waals surface area contributed by atoms with Crippen LogP contribution in [0, 0.1) is 6.92 Å². The van der Waals surface area contributed by atoms with Gasteiger partial charge in [0.15, 0.2) is 11.5 Å². The van der Waals surface area contributed by atoms with Gasteiger partial charge in [-0.05, 0) is 48.9 Å². The van der Waals surface area contributed by atoms with Gasteiger partial charge >= 0.3 is 0 Å². The van der Waals surface area contributed by atoms with E-state index in [9.17, 15) is 13.2 Å². The van der Waals surface area contributed by atoms with Crippen molar-refractivity contribution in [2.24, 2.45) is 0 Å². The third-order valence-corrected chi connectivity index (χ3v) is 7.16. The molecule has 0 saturated heterocycles. The van der Waals surface area contributed by atoms with E-state index < -0.39 is 10.0 Å². The Kier molecular flexibility index (Phi) is 7.28. The van der Waals surface area contributed by atoms with Gasteiger partial charge in [-0.1, -0.05) is 29.8 Å². The standard InChI is InChI=1S/C25H28N2O5S/c1-18-6-8-19(9-7-18)17-26(2)25(28)20-10-12-21(13-11-20)27(3)33(29,30)22-14-15-23(31-4)24(16-22)32-5/h6-16H,17H2,1-5H3. The average molecular weight is 469 g/mol. The van der Waals surface area contributed by atoms with Crippen molar-refractivity contribution in [1.82, 2.24) is 4.90 Å². The molecule has 0 aliphatic rings. The number of aryl methyl sites for hydroxylation is 1. The molecule has 3 rings (SSSR count). The van der Waals surface area contributed by atoms with Crippen molar-refractivity contribution < 1.29 is 22.7 Å². The molecule has 174 valence electrons. The van der Waals surface area contributed by atoms with Gasteiger partial charge in [-0.3, -0.25) is 9.10 Å². The molecular weight excluding hydrogens is 440 g/mol. The number of sulfonamides is 1. The summed E-state index contributed by atoms with van der Waals surface area (Å²) in [4.78, 5) is 14.5. The summed E-state index contributed by atoms with van der Waals surface area (Å²) in [6.07, 6.45) is 0. The van der Waals surface area contributed by atoms with E-state index in [0.29, 0.717) is 29.3 Å². The molecule has 0 bridgehead atoms. The van der Waals surface area contributed by atoms with E-state index in [4.69, 9.17) is 9.47 Å². The van der Waals surface area contributed by atoms with Crippen LogP contribution in [0.15, 0.2) is 71.6 Å². The Balaban J connectivity index is 1.77. The summed E-state index contributed by atoms with van der Waals surface area (Å²) in [6, 6.07) is 18.9. The van der Waals surface area contributed by atoms with Gasteiger partial charge in [0.2, 0.25) is 0 Å². The molecular formula is C25H28N2O5S. The smallest absolute Gasteiger partial charge is 0.264 e. The number of ether oxygens (including phenoxy) is 2. The summed E-state index contributed by atoms with van der Waals surface area (Å²) in [5, 5.41) is 0. The molecule has 0 spiro atoms. The Hall–Kier alpha value is -3.52. The number of carbonyl (C=O) groups is 1. The second-order valence-electron chi connectivity index (χ2n) is 7.68. The van der Waals surface area contributed by atoms with E-state index in [0.717, 1.165) is 11.1 Å². The zero-order chi connectivity index (χ0) is 24.2. The van der Waals surface area contributed by atoms with Crippen LogP contribution in [-0.4, -0.2) is 47.5 Å². The van der Waals surface area contributed by atoms with Gasteiger partial charge in [-0.15, -0.1) is 0 Å². The summed E-state index contributed by atoms with van der Waals surface area (Å²) in [5.41, 5.74) is 3.11. The van der Waals surface area contributed by atoms with Gasteiger partial charge in [0.05, 0.1) is 24.8 Å². The summed E-state index contributed by atoms with van der Waals surface area (Å²) in [6.45, 7) is 2.50. The lowest BCUT2D eigenvalue weighted by molar-refractivity contribution is 0.0785. The number of hydrogen-bond donors (Lipinski definition) is 0. The van der Waals surface area contributed by atoms with Gasteiger partial charge in [-0.25, -0.2) is 8.42 Å². The number of anilines is 1. The number of nitrogens with zero attached hydrogens (tertiary/aromatic N) is 2. The van der Waals surface area contributed by atoms with Crippen LogP contribution in [0.25, 0.3) is 0 Å². The van der Waals surface area contributed by atoms with Gasteiger partial charge in [0, 0.05) is 32.3 Å². The summed E-state index contributed by atoms with van der Waals surface area (Å²) >= 11 is 0. The molecule has 3 aromatic carbocycles. The van der Waals surface area contributed by atoms with E-state index in [2.05, 4.69) is 0 Å². The number of amides is 1. The minimum atomic E-state index is -3.84. The molecule has 0 fully saturated rings. The Morgan fingerprint density at radius 1 is 0.848 bits per heavy atom. The predicted octanol–water partition coefficient (Wildman–Crippen LogP) is 4.11. The number of carbonyl (C=O) groups excluding carboxylic acids is 1. The van der Waals surface area contributed by atoms with Crippen molar-refractivity contribution in [2.75, 3.05) is 32.6 Å². The highest BCUT2D eigenvalue weighted by atomic mass is 32.2. The molecule has 0 aromatic heterocycles. The molecule has 33 heavy (non-hydrogen) atoms. The fourth-order valence-electron chi connectivity index (χ4n) is 3.35. The molecule has 0 saturated carbocycles. The molecule has 0 unspecified atom stereocenters. The van der Waals surface area contributed by atoms with Crippen molar-refractivity contribution in [3.8, 4) is 11.5 Å². The third kappa shape index (κ3) is 5.28. The number of rotatable bonds is 8. The summed E-state index contributed by atoms with van der Waals surface area (Å²) in [7, 11) is 2.30. The molecule has 0 radical (unpaired) electrons. The Labute approximate surface area is 195 Å². The second kappa shape index (κ2) is 9.95. The topological polar surface area (TPSA) is 76.2 Å². The fourth-order valence-corrected chi connectivity index (χ4v) is 4.56. The van der Waals surface area contributed by atoms with Gasteiger partial charge < -0.3 is 14.4 Å². The first-order valence-corrected chi connectivity index (χ1v) is 11.7. The summed E-state index contributed by atoms with van der Waals surface area (Å²) in [5.74, 6) is 0.619. The van der Waals surface area contributed by atoms with Gasteiger partial charge in [0.25, 0.3) is 15.9 Å². The maximum atomic E-state index is 13.1. The molecule has 3 aromatic rings. The van der Waals surface area contributed by atoms with Gasteiger partial charge in [-0.2, -0.15) is 0 Å². The highest BCUT2D eigenvalue weighted by molar-refractivity contribution is 7.92. The molecule has 0 atom stereocenters. The number of methoxy groups -OCH3 is 2. The first-order valence-electron chi connectivity index (χ1n) is 10.3. The van der Waals surface area contributed by atoms with Crippen LogP contribution in [0.5, 0.6) is 11.5 Å². The minimum absolute atomic E-state index is 0.0700. The highest BCUT2D eigenvalue weighted by Gasteiger charge is 2.23. The van der Waals surface area contributed by atoms with Crippen LogP contribution < -0.4 is 13.8 Å². The second-order valence-corrected chi connectivity index (χ2v) is 9.65. The maximum Gasteiger partial charge on any atom is 0.264 e. The van der Waals surface area contributed by atoms with E-state index in [1.165, 1.54) is 37.7 Å². The fraction of sp³-hybridized carbons (Fsp3) is 0.240. The lowest BCUT2D eigenvalue weighted by atomic mass is 10.1. The first-order chi connectivity index (χ1) is 15.7. The van der Waals surface area contributed by atoms with Crippen molar-refractivity contribution in [1.29, 1.82) is 0 Å². The largest absolute Gasteiger partial charge is 0.493 e. The molecule has 7 nitrogen and oxygen atoms in total. The zero-order valence-corrected chi connectivity index (χ0v) is 20.2. The zero-order valence-electron chi connectivity index (χ0n) is 19.4. The predicted molar refractivity (Wildman–Crippen MR) is 129 cm³/mol. The lowest BCUT2D eigenvalue weighted by Crippen LogP contribution is -2.27. The van der Waals surface area contributed by atoms with E-state index >= 15 is 0 Å². The van der Waals surface area contributed by atoms with Crippen LogP contribution in [-0.2, 0) is 16.6 Å². The summed E-state index contributed by atoms with van der Waals surface area (Å²) < 4.78 is 37.8. The van der Waals surface area contributed by atoms with E-state index in [-0.39, 0.29) is 10.8 Å². The normalized spacial score (nSPS) is 11.1. The lowest BCUT2D eigenvalue weighted by Gasteiger charge is -2.21. The number of benzene rings is 3.